The van der Waals surface area contributed by atoms with Gasteiger partial charge in [-0.1, -0.05) is 23.7 Å². The number of hydrogen-bond acceptors (Lipinski definition) is 2. The highest BCUT2D eigenvalue weighted by Crippen LogP contribution is 2.28. The van der Waals surface area contributed by atoms with Crippen molar-refractivity contribution in [1.82, 2.24) is 9.88 Å². The molecule has 1 aromatic heterocycles. The zero-order valence-corrected chi connectivity index (χ0v) is 12.8. The van der Waals surface area contributed by atoms with E-state index in [2.05, 4.69) is 4.98 Å². The fourth-order valence-corrected chi connectivity index (χ4v) is 3.01. The Labute approximate surface area is 133 Å². The highest BCUT2D eigenvalue weighted by Gasteiger charge is 2.25. The lowest BCUT2D eigenvalue weighted by Crippen LogP contribution is -2.39. The van der Waals surface area contributed by atoms with E-state index in [0.717, 1.165) is 12.8 Å². The zero-order valence-electron chi connectivity index (χ0n) is 12.0. The van der Waals surface area contributed by atoms with E-state index in [0.29, 0.717) is 29.6 Å². The molecule has 1 aliphatic rings. The average Bonchev–Trinajstić information content (AvgIpc) is 2.55. The van der Waals surface area contributed by atoms with Gasteiger partial charge in [-0.25, -0.2) is 4.98 Å². The van der Waals surface area contributed by atoms with Gasteiger partial charge in [-0.3, -0.25) is 4.79 Å². The highest BCUT2D eigenvalue weighted by molar-refractivity contribution is 6.30. The molecule has 3 nitrogen and oxygen atoms in total. The van der Waals surface area contributed by atoms with Gasteiger partial charge in [-0.05, 0) is 36.6 Å². The van der Waals surface area contributed by atoms with Gasteiger partial charge in [0.05, 0.1) is 0 Å². The van der Waals surface area contributed by atoms with Gasteiger partial charge >= 0.3 is 0 Å². The summed E-state index contributed by atoms with van der Waals surface area (Å²) in [4.78, 5) is 17.8. The molecule has 0 radical (unpaired) electrons. The summed E-state index contributed by atoms with van der Waals surface area (Å²) in [5, 5.41) is 0.708. The largest absolute Gasteiger partial charge is 0.338 e. The summed E-state index contributed by atoms with van der Waals surface area (Å²) in [7, 11) is 0. The summed E-state index contributed by atoms with van der Waals surface area (Å²) in [6.07, 6.45) is 3.30. The molecular formula is C17H16ClFN2O. The Bertz CT molecular complexity index is 675. The third-order valence-electron chi connectivity index (χ3n) is 4.02. The van der Waals surface area contributed by atoms with Crippen molar-refractivity contribution in [2.24, 2.45) is 0 Å². The van der Waals surface area contributed by atoms with E-state index in [4.69, 9.17) is 11.6 Å². The average molecular weight is 319 g/mol. The van der Waals surface area contributed by atoms with Crippen LogP contribution in [0.25, 0.3) is 0 Å². The van der Waals surface area contributed by atoms with Crippen LogP contribution in [0.15, 0.2) is 42.6 Å². The number of piperidine rings is 1. The second-order valence-corrected chi connectivity index (χ2v) is 5.95. The fraction of sp³-hybridized carbons (Fsp3) is 0.294. The second-order valence-electron chi connectivity index (χ2n) is 5.51. The molecule has 1 aromatic carbocycles. The molecule has 0 spiro atoms. The first kappa shape index (κ1) is 15.0. The number of carbonyl (C=O) groups excluding carboxylic acids is 1. The molecule has 1 fully saturated rings. The van der Waals surface area contributed by atoms with Gasteiger partial charge in [-0.15, -0.1) is 0 Å². The van der Waals surface area contributed by atoms with E-state index >= 15 is 0 Å². The molecular weight excluding hydrogens is 303 g/mol. The summed E-state index contributed by atoms with van der Waals surface area (Å²) < 4.78 is 13.2. The number of likely N-dealkylation sites (tertiary alicyclic amines) is 1. The summed E-state index contributed by atoms with van der Waals surface area (Å²) in [6.45, 7) is 1.34. The number of rotatable bonds is 2. The van der Waals surface area contributed by atoms with Crippen molar-refractivity contribution in [3.63, 3.8) is 0 Å². The van der Waals surface area contributed by atoms with Crippen molar-refractivity contribution in [3.05, 3.63) is 64.7 Å². The van der Waals surface area contributed by atoms with Crippen LogP contribution in [0, 0.1) is 5.95 Å². The van der Waals surface area contributed by atoms with E-state index < -0.39 is 5.95 Å². The number of hydrogen-bond donors (Lipinski definition) is 0. The topological polar surface area (TPSA) is 33.2 Å². The van der Waals surface area contributed by atoms with Crippen LogP contribution in [0.2, 0.25) is 5.02 Å². The van der Waals surface area contributed by atoms with Crippen LogP contribution in [-0.2, 0) is 0 Å². The van der Waals surface area contributed by atoms with Crippen LogP contribution in [0.4, 0.5) is 4.39 Å². The number of amides is 1. The van der Waals surface area contributed by atoms with Crippen molar-refractivity contribution in [2.75, 3.05) is 13.1 Å². The summed E-state index contributed by atoms with van der Waals surface area (Å²) >= 11 is 5.92. The van der Waals surface area contributed by atoms with Crippen LogP contribution in [0.3, 0.4) is 0 Å². The molecule has 2 heterocycles. The standard InChI is InChI=1S/C17H16ClFN2O/c18-15-5-3-12(4-6-15)14-2-1-9-21(11-14)17(22)13-7-8-20-16(19)10-13/h3-8,10,14H,1-2,9,11H2/t14-/m0/s1. The molecule has 2 aromatic rings. The SMILES string of the molecule is O=C(c1ccnc(F)c1)N1CCC[C@H](c2ccc(Cl)cc2)C1. The predicted molar refractivity (Wildman–Crippen MR) is 83.5 cm³/mol. The minimum Gasteiger partial charge on any atom is -0.338 e. The van der Waals surface area contributed by atoms with Crippen LogP contribution in [0.5, 0.6) is 0 Å². The number of pyridine rings is 1. The number of benzene rings is 1. The van der Waals surface area contributed by atoms with Crippen LogP contribution < -0.4 is 0 Å². The maximum absolute atomic E-state index is 13.2. The first-order chi connectivity index (χ1) is 10.6. The molecule has 1 saturated heterocycles. The lowest BCUT2D eigenvalue weighted by Gasteiger charge is -2.33. The van der Waals surface area contributed by atoms with Gasteiger partial charge in [0, 0.05) is 41.9 Å². The Morgan fingerprint density at radius 3 is 2.77 bits per heavy atom. The highest BCUT2D eigenvalue weighted by atomic mass is 35.5. The quantitative estimate of drug-likeness (QED) is 0.787. The van der Waals surface area contributed by atoms with E-state index in [1.165, 1.54) is 17.8 Å². The normalized spacial score (nSPS) is 18.3. The lowest BCUT2D eigenvalue weighted by molar-refractivity contribution is 0.0706. The molecule has 0 unspecified atom stereocenters. The zero-order chi connectivity index (χ0) is 15.5. The van der Waals surface area contributed by atoms with E-state index in [1.807, 2.05) is 24.3 Å². The molecule has 1 aliphatic heterocycles. The van der Waals surface area contributed by atoms with Crippen molar-refractivity contribution >= 4 is 17.5 Å². The fourth-order valence-electron chi connectivity index (χ4n) is 2.89. The van der Waals surface area contributed by atoms with Gasteiger partial charge in [0.1, 0.15) is 0 Å². The lowest BCUT2D eigenvalue weighted by atomic mass is 9.90. The van der Waals surface area contributed by atoms with Crippen molar-refractivity contribution in [1.29, 1.82) is 0 Å². The molecule has 0 aliphatic carbocycles. The first-order valence-electron chi connectivity index (χ1n) is 7.30. The Kier molecular flexibility index (Phi) is 4.39. The van der Waals surface area contributed by atoms with Crippen molar-refractivity contribution < 1.29 is 9.18 Å². The Morgan fingerprint density at radius 1 is 1.27 bits per heavy atom. The third-order valence-corrected chi connectivity index (χ3v) is 4.28. The van der Waals surface area contributed by atoms with E-state index in [-0.39, 0.29) is 5.91 Å². The van der Waals surface area contributed by atoms with Crippen molar-refractivity contribution in [3.8, 4) is 0 Å². The predicted octanol–water partition coefficient (Wildman–Crippen LogP) is 3.89. The minimum atomic E-state index is -0.628. The Hall–Kier alpha value is -1.94. The number of aromatic nitrogens is 1. The number of halogens is 2. The summed E-state index contributed by atoms with van der Waals surface area (Å²) in [6, 6.07) is 10.5. The van der Waals surface area contributed by atoms with Crippen LogP contribution >= 0.6 is 11.6 Å². The maximum Gasteiger partial charge on any atom is 0.254 e. The minimum absolute atomic E-state index is 0.139. The molecule has 0 bridgehead atoms. The van der Waals surface area contributed by atoms with Crippen molar-refractivity contribution in [2.45, 2.75) is 18.8 Å². The second kappa shape index (κ2) is 6.44. The summed E-state index contributed by atoms with van der Waals surface area (Å²) in [5.74, 6) is -0.473. The van der Waals surface area contributed by atoms with Gasteiger partial charge in [0.25, 0.3) is 5.91 Å². The van der Waals surface area contributed by atoms with E-state index in [9.17, 15) is 9.18 Å². The monoisotopic (exact) mass is 318 g/mol. The van der Waals surface area contributed by atoms with Crippen LogP contribution in [-0.4, -0.2) is 28.9 Å². The Balaban J connectivity index is 1.75. The van der Waals surface area contributed by atoms with Gasteiger partial charge in [-0.2, -0.15) is 4.39 Å². The molecule has 5 heteroatoms. The molecule has 0 saturated carbocycles. The molecule has 0 N–H and O–H groups in total. The molecule has 22 heavy (non-hydrogen) atoms. The first-order valence-corrected chi connectivity index (χ1v) is 7.67. The van der Waals surface area contributed by atoms with Crippen LogP contribution in [0.1, 0.15) is 34.7 Å². The smallest absolute Gasteiger partial charge is 0.254 e. The van der Waals surface area contributed by atoms with Gasteiger partial charge < -0.3 is 4.90 Å². The molecule has 3 rings (SSSR count). The van der Waals surface area contributed by atoms with Gasteiger partial charge in [0.15, 0.2) is 0 Å². The third kappa shape index (κ3) is 3.28. The molecule has 1 atom stereocenters. The Morgan fingerprint density at radius 2 is 2.05 bits per heavy atom. The number of carbonyl (C=O) groups is 1. The molecule has 114 valence electrons. The maximum atomic E-state index is 13.2. The van der Waals surface area contributed by atoms with E-state index in [1.54, 1.807) is 11.0 Å². The molecule has 1 amide bonds. The summed E-state index contributed by atoms with van der Waals surface area (Å²) in [5.41, 5.74) is 1.53. The van der Waals surface area contributed by atoms with Gasteiger partial charge in [0.2, 0.25) is 5.95 Å². The number of nitrogens with zero attached hydrogens (tertiary/aromatic N) is 2.